The molecule has 0 saturated carbocycles. The van der Waals surface area contributed by atoms with Crippen molar-refractivity contribution in [2.45, 2.75) is 19.3 Å². The number of piperazine rings is 2. The Morgan fingerprint density at radius 1 is 0.463 bits per heavy atom. The molecule has 0 spiro atoms. The first kappa shape index (κ1) is 81.0. The summed E-state index contributed by atoms with van der Waals surface area (Å²) in [6.07, 6.45) is 17.7. The number of carbonyl (C=O) groups is 3. The van der Waals surface area contributed by atoms with E-state index >= 15 is 0 Å². The number of fused-ring (bicyclic) bond motifs is 4. The maximum Gasteiger partial charge on any atom is 0.321 e. The number of urea groups is 1. The molecule has 612 valence electrons. The molecule has 0 bridgehead atoms. The first-order valence-electron chi connectivity index (χ1n) is 39.0. The number of carbonyl (C=O) groups excluding carboxylic acids is 3. The van der Waals surface area contributed by atoms with E-state index in [9.17, 15) is 23.2 Å². The largest absolute Gasteiger partial charge is 0.489 e. The van der Waals surface area contributed by atoms with Gasteiger partial charge in [0.15, 0.2) is 6.61 Å². The Balaban J connectivity index is 0.000000128. The van der Waals surface area contributed by atoms with E-state index in [0.29, 0.717) is 89.9 Å². The van der Waals surface area contributed by atoms with Crippen molar-refractivity contribution in [3.63, 3.8) is 0 Å². The van der Waals surface area contributed by atoms with Gasteiger partial charge in [0.2, 0.25) is 23.8 Å². The van der Waals surface area contributed by atoms with Crippen molar-refractivity contribution < 1.29 is 32.6 Å². The van der Waals surface area contributed by atoms with Crippen LogP contribution in [-0.4, -0.2) is 216 Å². The molecular weight excluding hydrogens is 1540 g/mol. The molecule has 0 aliphatic carbocycles. The quantitative estimate of drug-likeness (QED) is 0.0349. The van der Waals surface area contributed by atoms with Crippen LogP contribution in [0.5, 0.6) is 11.5 Å². The molecule has 121 heavy (non-hydrogen) atoms. The number of ether oxygens (including phenoxy) is 2. The van der Waals surface area contributed by atoms with Gasteiger partial charge in [0.1, 0.15) is 29.5 Å². The molecule has 3 aliphatic rings. The molecule has 0 atom stereocenters. The number of imidazole rings is 1. The summed E-state index contributed by atoms with van der Waals surface area (Å²) in [5, 5.41) is 17.4. The highest BCUT2D eigenvalue weighted by atomic mass is 19.3. The van der Waals surface area contributed by atoms with E-state index in [1.165, 1.54) is 12.3 Å². The molecule has 4 amide bonds. The SMILES string of the molecule is C=CCOc1ccnc(-c2ccnc(Nc3ccc4[nH]c(C(=O)N5CCN(C)CC5)cc4c3)n2)c1.CN1CCN(C(=O)c2cc3cc(Nc4nccc(-c5cc(OCC(C)(F)F)ccn5)n4)ccc3[nH]2)CC1.CNC(=O)N1CCc2cc(Nc3nccc(-c4ccccn4)n3)ccc21.Cn1cnc2cc(Nc3nccc(-c4ccccn4)n3)ccc21. The molecule has 14 heterocycles. The second kappa shape index (κ2) is 37.4. The summed E-state index contributed by atoms with van der Waals surface area (Å²) >= 11 is 0. The van der Waals surface area contributed by atoms with Crippen LogP contribution >= 0.6 is 0 Å². The number of nitrogens with one attached hydrogen (secondary N) is 7. The van der Waals surface area contributed by atoms with Crippen molar-refractivity contribution in [3.8, 4) is 57.1 Å². The van der Waals surface area contributed by atoms with E-state index in [-0.39, 0.29) is 23.6 Å². The maximum atomic E-state index is 13.1. The fraction of sp³-hybridized carbons (Fsp3) is 0.205. The highest BCUT2D eigenvalue weighted by Crippen LogP contribution is 2.34. The minimum atomic E-state index is -2.94. The molecule has 31 nitrogen and oxygen atoms in total. The Labute approximate surface area is 694 Å². The van der Waals surface area contributed by atoms with Crippen molar-refractivity contribution >= 4 is 103 Å². The summed E-state index contributed by atoms with van der Waals surface area (Å²) in [5.41, 5.74) is 15.9. The topological polar surface area (TPSA) is 350 Å². The first-order valence-corrected chi connectivity index (χ1v) is 39.0. The number of likely N-dealkylation sites (N-methyl/N-ethyl adjacent to an activating group) is 2. The van der Waals surface area contributed by atoms with Crippen molar-refractivity contribution in [2.24, 2.45) is 7.05 Å². The van der Waals surface area contributed by atoms with Crippen LogP contribution in [0, 0.1) is 0 Å². The number of H-pyrrole nitrogens is 2. The zero-order chi connectivity index (χ0) is 83.8. The second-order valence-corrected chi connectivity index (χ2v) is 28.7. The Morgan fingerprint density at radius 3 is 1.36 bits per heavy atom. The van der Waals surface area contributed by atoms with E-state index in [0.717, 1.165) is 142 Å². The van der Waals surface area contributed by atoms with Crippen molar-refractivity contribution in [2.75, 3.05) is 119 Å². The Kier molecular flexibility index (Phi) is 25.1. The van der Waals surface area contributed by atoms with Gasteiger partial charge in [-0.25, -0.2) is 58.4 Å². The van der Waals surface area contributed by atoms with Crippen LogP contribution in [0.2, 0.25) is 0 Å². The zero-order valence-electron chi connectivity index (χ0n) is 66.9. The number of aryl methyl sites for hydroxylation is 1. The number of amides is 4. The molecule has 18 rings (SSSR count). The van der Waals surface area contributed by atoms with Gasteiger partial charge in [0, 0.05) is 192 Å². The van der Waals surface area contributed by atoms with Gasteiger partial charge in [-0.15, -0.1) is 0 Å². The molecule has 3 aliphatic heterocycles. The predicted molar refractivity (Wildman–Crippen MR) is 462 cm³/mol. The number of aromatic nitrogens is 16. The average Bonchev–Trinajstić information content (AvgIpc) is 1.64. The summed E-state index contributed by atoms with van der Waals surface area (Å²) in [6, 6.07) is 52.4. The van der Waals surface area contributed by atoms with E-state index in [4.69, 9.17) is 9.47 Å². The maximum absolute atomic E-state index is 13.1. The third kappa shape index (κ3) is 20.8. The highest BCUT2D eigenvalue weighted by molar-refractivity contribution is 6.00. The average molecular weight is 1630 g/mol. The highest BCUT2D eigenvalue weighted by Gasteiger charge is 2.27. The number of anilines is 9. The predicted octanol–water partition coefficient (Wildman–Crippen LogP) is 14.1. The van der Waals surface area contributed by atoms with Crippen molar-refractivity contribution in [1.82, 2.24) is 104 Å². The van der Waals surface area contributed by atoms with Crippen LogP contribution in [0.3, 0.4) is 0 Å². The summed E-state index contributed by atoms with van der Waals surface area (Å²) in [7, 11) is 7.74. The molecule has 2 saturated heterocycles. The molecular formula is C88H86F2N26O5. The van der Waals surface area contributed by atoms with Gasteiger partial charge in [-0.3, -0.25) is 34.4 Å². The molecule has 4 aromatic carbocycles. The molecule has 2 fully saturated rings. The van der Waals surface area contributed by atoms with E-state index in [1.807, 2.05) is 161 Å². The van der Waals surface area contributed by atoms with Gasteiger partial charge in [-0.2, -0.15) is 0 Å². The minimum Gasteiger partial charge on any atom is -0.489 e. The Morgan fingerprint density at radius 2 is 0.901 bits per heavy atom. The number of pyridine rings is 4. The second-order valence-electron chi connectivity index (χ2n) is 28.7. The molecule has 11 aromatic heterocycles. The number of rotatable bonds is 20. The summed E-state index contributed by atoms with van der Waals surface area (Å²) in [5.74, 6) is -0.100. The number of halogens is 2. The smallest absolute Gasteiger partial charge is 0.321 e. The zero-order valence-corrected chi connectivity index (χ0v) is 66.9. The standard InChI is InChI=1S/C26H27F2N7O2.C26H27N7O2.C19H18N6O.C17H14N6/c1-26(27,28)16-37-19-5-7-29-22(15-19)21-6-8-30-25(33-21)31-18-3-4-20-17(13-18)14-23(32-20)24(36)35-11-9-34(2)10-12-35;1-3-14-35-20-6-8-27-23(17-20)22-7-9-28-26(31-22)29-19-4-5-21-18(15-19)16-24(30-21)25(34)33-12-10-32(2)11-13-33;1-20-19(26)25-11-8-13-12-14(5-6-17(13)25)23-18-22-10-7-16(24-18)15-4-2-3-9-21-15;1-23-11-20-15-10-12(5-6-16(15)23)21-17-19-9-7-14(22-17)13-4-2-3-8-18-13/h3-8,13-15,32H,9-12,16H2,1-2H3,(H,30,31,33);3-9,15-17,30H,1,10-14H2,2H3,(H,28,29,31);2-7,9-10,12H,8,11H2,1H3,(H,20,26)(H,22,23,24);2-11H,1H3,(H,19,21,22). The molecule has 0 radical (unpaired) electrons. The van der Waals surface area contributed by atoms with E-state index in [1.54, 1.807) is 92.0 Å². The van der Waals surface area contributed by atoms with Crippen molar-refractivity contribution in [3.05, 3.63) is 255 Å². The normalized spacial score (nSPS) is 13.3. The number of hydrogen-bond acceptors (Lipinski definition) is 24. The minimum absolute atomic E-state index is 0.00351. The van der Waals surface area contributed by atoms with Gasteiger partial charge in [-0.1, -0.05) is 24.8 Å². The fourth-order valence-electron chi connectivity index (χ4n) is 13.5. The molecule has 33 heteroatoms. The van der Waals surface area contributed by atoms with E-state index in [2.05, 4.69) is 132 Å². The van der Waals surface area contributed by atoms with Gasteiger partial charge in [0.05, 0.1) is 62.9 Å². The van der Waals surface area contributed by atoms with Crippen LogP contribution in [0.1, 0.15) is 33.5 Å². The van der Waals surface area contributed by atoms with Gasteiger partial charge < -0.3 is 70.2 Å². The Bertz CT molecular complexity index is 6150. The lowest BCUT2D eigenvalue weighted by atomic mass is 10.1. The summed E-state index contributed by atoms with van der Waals surface area (Å²) in [4.78, 5) is 111. The lowest BCUT2D eigenvalue weighted by Gasteiger charge is -2.32. The molecule has 0 unspecified atom stereocenters. The van der Waals surface area contributed by atoms with Gasteiger partial charge in [-0.05, 0) is 172 Å². The number of hydrogen-bond donors (Lipinski definition) is 7. The van der Waals surface area contributed by atoms with Crippen LogP contribution in [0.15, 0.2) is 238 Å². The van der Waals surface area contributed by atoms with Crippen LogP contribution < -0.4 is 41.0 Å². The first-order chi connectivity index (χ1) is 58.9. The van der Waals surface area contributed by atoms with Crippen LogP contribution in [-0.2, 0) is 13.5 Å². The monoisotopic (exact) mass is 1620 g/mol. The van der Waals surface area contributed by atoms with Crippen LogP contribution in [0.25, 0.3) is 78.4 Å². The number of nitrogens with zero attached hydrogens (tertiary/aromatic N) is 19. The van der Waals surface area contributed by atoms with Gasteiger partial charge >= 0.3 is 6.03 Å². The third-order valence-corrected chi connectivity index (χ3v) is 19.8. The van der Waals surface area contributed by atoms with E-state index < -0.39 is 12.5 Å². The fourth-order valence-corrected chi connectivity index (χ4v) is 13.5. The summed E-state index contributed by atoms with van der Waals surface area (Å²) in [6.45, 7) is 11.2. The van der Waals surface area contributed by atoms with Crippen LogP contribution in [0.4, 0.5) is 65.8 Å². The molecule has 7 N–H and O–H groups in total. The lowest BCUT2D eigenvalue weighted by molar-refractivity contribution is -0.0229. The van der Waals surface area contributed by atoms with Gasteiger partial charge in [0.25, 0.3) is 17.7 Å². The number of benzene rings is 4. The Hall–Kier alpha value is -15.1. The third-order valence-electron chi connectivity index (χ3n) is 19.8. The molecule has 15 aromatic rings. The number of alkyl halides is 2. The lowest BCUT2D eigenvalue weighted by Crippen LogP contribution is -2.47. The van der Waals surface area contributed by atoms with Crippen molar-refractivity contribution in [1.29, 1.82) is 0 Å². The summed E-state index contributed by atoms with van der Waals surface area (Å²) < 4.78 is 39.0. The number of aromatic amines is 2.